The van der Waals surface area contributed by atoms with Gasteiger partial charge in [0.05, 0.1) is 5.92 Å². The van der Waals surface area contributed by atoms with Crippen LogP contribution in [0.4, 0.5) is 4.39 Å². The number of carbonyl (C=O) groups is 1. The van der Waals surface area contributed by atoms with Gasteiger partial charge < -0.3 is 15.2 Å². The Morgan fingerprint density at radius 3 is 2.66 bits per heavy atom. The Kier molecular flexibility index (Phi) is 5.73. The molecule has 0 bridgehead atoms. The van der Waals surface area contributed by atoms with Crippen LogP contribution >= 0.6 is 0 Å². The van der Waals surface area contributed by atoms with Gasteiger partial charge in [0.1, 0.15) is 29.0 Å². The molecule has 2 N–H and O–H groups in total. The van der Waals surface area contributed by atoms with Gasteiger partial charge in [0.15, 0.2) is 0 Å². The number of benzene rings is 3. The fraction of sp³-hybridized carbons (Fsp3) is 0.0769. The lowest BCUT2D eigenvalue weighted by atomic mass is 9.83. The van der Waals surface area contributed by atoms with Crippen LogP contribution in [-0.2, 0) is 4.79 Å². The van der Waals surface area contributed by atoms with Crippen LogP contribution in [-0.4, -0.2) is 5.97 Å². The van der Waals surface area contributed by atoms with Crippen molar-refractivity contribution in [3.05, 3.63) is 112 Å². The lowest BCUT2D eigenvalue weighted by Crippen LogP contribution is -2.21. The summed E-state index contributed by atoms with van der Waals surface area (Å²) >= 11 is 0. The van der Waals surface area contributed by atoms with Crippen molar-refractivity contribution in [1.82, 2.24) is 0 Å². The van der Waals surface area contributed by atoms with E-state index in [1.807, 2.05) is 31.2 Å². The molecule has 3 aromatic rings. The number of nitrogens with two attached hydrogens (primary N) is 1. The zero-order valence-electron chi connectivity index (χ0n) is 17.2. The highest BCUT2D eigenvalue weighted by Gasteiger charge is 2.31. The van der Waals surface area contributed by atoms with Crippen LogP contribution in [0.25, 0.3) is 6.08 Å². The number of nitrogens with zero attached hydrogens (tertiary/aromatic N) is 1. The zero-order valence-corrected chi connectivity index (χ0v) is 17.2. The molecule has 4 rings (SSSR count). The molecule has 0 spiro atoms. The summed E-state index contributed by atoms with van der Waals surface area (Å²) in [6.07, 6.45) is 3.00. The van der Waals surface area contributed by atoms with E-state index < -0.39 is 17.7 Å². The van der Waals surface area contributed by atoms with Gasteiger partial charge in [-0.05, 0) is 42.3 Å². The van der Waals surface area contributed by atoms with Crippen LogP contribution in [0.5, 0.6) is 11.5 Å². The molecule has 6 heteroatoms. The Labute approximate surface area is 184 Å². The maximum absolute atomic E-state index is 13.8. The molecule has 0 aliphatic carbocycles. The van der Waals surface area contributed by atoms with Crippen molar-refractivity contribution in [2.75, 3.05) is 0 Å². The third-order valence-corrected chi connectivity index (χ3v) is 5.08. The molecule has 32 heavy (non-hydrogen) atoms. The van der Waals surface area contributed by atoms with Crippen LogP contribution in [0.2, 0.25) is 0 Å². The van der Waals surface area contributed by atoms with Crippen molar-refractivity contribution < 1.29 is 18.7 Å². The fourth-order valence-electron chi connectivity index (χ4n) is 3.52. The van der Waals surface area contributed by atoms with Crippen molar-refractivity contribution in [1.29, 1.82) is 5.26 Å². The number of esters is 1. The summed E-state index contributed by atoms with van der Waals surface area (Å²) in [5.41, 5.74) is 9.35. The summed E-state index contributed by atoms with van der Waals surface area (Å²) in [7, 11) is 0. The lowest BCUT2D eigenvalue weighted by Gasteiger charge is -2.26. The highest BCUT2D eigenvalue weighted by molar-refractivity contribution is 5.88. The van der Waals surface area contributed by atoms with E-state index in [-0.39, 0.29) is 17.2 Å². The Morgan fingerprint density at radius 1 is 1.16 bits per heavy atom. The average molecular weight is 426 g/mol. The second kappa shape index (κ2) is 8.78. The largest absolute Gasteiger partial charge is 0.440 e. The van der Waals surface area contributed by atoms with E-state index in [0.717, 1.165) is 11.1 Å². The van der Waals surface area contributed by atoms with Gasteiger partial charge in [-0.2, -0.15) is 5.26 Å². The first kappa shape index (κ1) is 20.9. The smallest absolute Gasteiger partial charge is 0.336 e. The number of rotatable bonds is 4. The van der Waals surface area contributed by atoms with Crippen LogP contribution in [0, 0.1) is 24.1 Å². The highest BCUT2D eigenvalue weighted by Crippen LogP contribution is 2.43. The van der Waals surface area contributed by atoms with Crippen molar-refractivity contribution in [3.8, 4) is 17.6 Å². The quantitative estimate of drug-likeness (QED) is 0.362. The Bertz CT molecular complexity index is 1290. The van der Waals surface area contributed by atoms with E-state index in [4.69, 9.17) is 15.2 Å². The van der Waals surface area contributed by atoms with Gasteiger partial charge in [0, 0.05) is 17.7 Å². The first-order valence-corrected chi connectivity index (χ1v) is 9.88. The van der Waals surface area contributed by atoms with Gasteiger partial charge in [-0.3, -0.25) is 0 Å². The molecule has 1 atom stereocenters. The summed E-state index contributed by atoms with van der Waals surface area (Å²) in [4.78, 5) is 12.2. The minimum absolute atomic E-state index is 0.0722. The molecule has 158 valence electrons. The van der Waals surface area contributed by atoms with Gasteiger partial charge in [0.2, 0.25) is 5.88 Å². The molecule has 0 aromatic heterocycles. The topological polar surface area (TPSA) is 85.3 Å². The van der Waals surface area contributed by atoms with Crippen LogP contribution in [0.3, 0.4) is 0 Å². The SMILES string of the molecule is Cc1ccc(/C=C/C(=O)Oc2ccc3c(c2)OC(N)=C(C#N)C3c2cccc(F)c2)cc1. The predicted molar refractivity (Wildman–Crippen MR) is 118 cm³/mol. The standard InChI is InChI=1S/C26H19FN2O3/c1-16-5-7-17(8-6-16)9-12-24(30)31-20-10-11-21-23(14-20)32-26(29)22(15-28)25(21)18-3-2-4-19(27)13-18/h2-14,25H,29H2,1H3/b12-9+. The molecular weight excluding hydrogens is 407 g/mol. The number of nitriles is 1. The number of ether oxygens (including phenoxy) is 2. The number of fused-ring (bicyclic) bond motifs is 1. The minimum atomic E-state index is -0.592. The summed E-state index contributed by atoms with van der Waals surface area (Å²) in [6.45, 7) is 1.99. The molecule has 3 aromatic carbocycles. The van der Waals surface area contributed by atoms with Crippen LogP contribution in [0.1, 0.15) is 28.2 Å². The van der Waals surface area contributed by atoms with E-state index in [2.05, 4.69) is 6.07 Å². The number of halogens is 1. The van der Waals surface area contributed by atoms with E-state index in [0.29, 0.717) is 16.9 Å². The first-order chi connectivity index (χ1) is 15.4. The maximum atomic E-state index is 13.8. The van der Waals surface area contributed by atoms with E-state index in [1.54, 1.807) is 30.3 Å². The van der Waals surface area contributed by atoms with E-state index >= 15 is 0 Å². The zero-order chi connectivity index (χ0) is 22.7. The number of aryl methyl sites for hydroxylation is 1. The molecule has 0 saturated heterocycles. The normalized spacial score (nSPS) is 15.1. The number of hydrogen-bond donors (Lipinski definition) is 1. The lowest BCUT2D eigenvalue weighted by molar-refractivity contribution is -0.128. The van der Waals surface area contributed by atoms with Gasteiger partial charge in [-0.15, -0.1) is 0 Å². The van der Waals surface area contributed by atoms with E-state index in [1.165, 1.54) is 24.3 Å². The molecule has 0 fully saturated rings. The molecule has 0 radical (unpaired) electrons. The second-order valence-corrected chi connectivity index (χ2v) is 7.34. The van der Waals surface area contributed by atoms with Crippen molar-refractivity contribution in [2.24, 2.45) is 5.73 Å². The third-order valence-electron chi connectivity index (χ3n) is 5.08. The van der Waals surface area contributed by atoms with Crippen LogP contribution < -0.4 is 15.2 Å². The van der Waals surface area contributed by atoms with Gasteiger partial charge in [0.25, 0.3) is 0 Å². The Balaban J connectivity index is 1.59. The molecule has 5 nitrogen and oxygen atoms in total. The monoisotopic (exact) mass is 426 g/mol. The molecule has 1 unspecified atom stereocenters. The molecule has 0 saturated carbocycles. The Morgan fingerprint density at radius 2 is 1.94 bits per heavy atom. The maximum Gasteiger partial charge on any atom is 0.336 e. The molecule has 1 aliphatic heterocycles. The predicted octanol–water partition coefficient (Wildman–Crippen LogP) is 4.97. The Hall–Kier alpha value is -4.37. The van der Waals surface area contributed by atoms with Gasteiger partial charge in [-0.1, -0.05) is 48.0 Å². The number of hydrogen-bond acceptors (Lipinski definition) is 5. The summed E-state index contributed by atoms with van der Waals surface area (Å²) in [5, 5.41) is 9.59. The highest BCUT2D eigenvalue weighted by atomic mass is 19.1. The summed E-state index contributed by atoms with van der Waals surface area (Å²) in [6, 6.07) is 20.6. The number of allylic oxidation sites excluding steroid dienone is 1. The second-order valence-electron chi connectivity index (χ2n) is 7.34. The van der Waals surface area contributed by atoms with Crippen molar-refractivity contribution in [2.45, 2.75) is 12.8 Å². The van der Waals surface area contributed by atoms with E-state index in [9.17, 15) is 14.4 Å². The minimum Gasteiger partial charge on any atom is -0.440 e. The molecule has 1 aliphatic rings. The molecule has 0 amide bonds. The average Bonchev–Trinajstić information content (AvgIpc) is 2.77. The summed E-state index contributed by atoms with van der Waals surface area (Å²) in [5.74, 6) is -1.04. The first-order valence-electron chi connectivity index (χ1n) is 9.88. The van der Waals surface area contributed by atoms with Crippen LogP contribution in [0.15, 0.2) is 84.3 Å². The third kappa shape index (κ3) is 4.37. The summed E-state index contributed by atoms with van der Waals surface area (Å²) < 4.78 is 24.8. The van der Waals surface area contributed by atoms with Gasteiger partial charge >= 0.3 is 5.97 Å². The molecule has 1 heterocycles. The van der Waals surface area contributed by atoms with Gasteiger partial charge in [-0.25, -0.2) is 9.18 Å². The van der Waals surface area contributed by atoms with Crippen molar-refractivity contribution in [3.63, 3.8) is 0 Å². The van der Waals surface area contributed by atoms with Crippen molar-refractivity contribution >= 4 is 12.0 Å². The molecular formula is C26H19FN2O3. The fourth-order valence-corrected chi connectivity index (χ4v) is 3.52. The number of carbonyl (C=O) groups excluding carboxylic acids is 1.